The van der Waals surface area contributed by atoms with Crippen LogP contribution in [0.15, 0.2) is 29.4 Å². The topological polar surface area (TPSA) is 72.3 Å². The number of nitrogens with zero attached hydrogens (tertiary/aromatic N) is 3. The number of benzene rings is 1. The maximum absolute atomic E-state index is 13.1. The molecule has 2 fully saturated rings. The molecule has 0 spiro atoms. The van der Waals surface area contributed by atoms with E-state index in [1.807, 2.05) is 40.8 Å². The van der Waals surface area contributed by atoms with Crippen LogP contribution < -0.4 is 0 Å². The summed E-state index contributed by atoms with van der Waals surface area (Å²) in [6, 6.07) is 7.95. The van der Waals surface area contributed by atoms with Gasteiger partial charge in [0.15, 0.2) is 15.0 Å². The van der Waals surface area contributed by atoms with Crippen LogP contribution in [0.5, 0.6) is 0 Å². The number of fused-ring (bicyclic) bond motifs is 1. The maximum Gasteiger partial charge on any atom is 0.233 e. The summed E-state index contributed by atoms with van der Waals surface area (Å²) in [5.41, 5.74) is 1.96. The third kappa shape index (κ3) is 3.87. The molecule has 1 unspecified atom stereocenters. The first-order chi connectivity index (χ1) is 12.9. The van der Waals surface area contributed by atoms with Crippen molar-refractivity contribution in [2.24, 2.45) is 7.05 Å². The SMILES string of the molecule is Cn1c(SCC(=O)N(C2CCCC2)C2CCS(=O)(=O)C2)nc2ccccc21. The lowest BCUT2D eigenvalue weighted by Crippen LogP contribution is -2.47. The molecule has 1 atom stereocenters. The van der Waals surface area contributed by atoms with E-state index < -0.39 is 9.84 Å². The fraction of sp³-hybridized carbons (Fsp3) is 0.579. The van der Waals surface area contributed by atoms with Gasteiger partial charge < -0.3 is 9.47 Å². The number of hydrogen-bond donors (Lipinski definition) is 0. The highest BCUT2D eigenvalue weighted by Crippen LogP contribution is 2.31. The first-order valence-electron chi connectivity index (χ1n) is 9.50. The first kappa shape index (κ1) is 18.8. The lowest BCUT2D eigenvalue weighted by molar-refractivity contribution is -0.132. The standard InChI is InChI=1S/C19H25N3O3S2/c1-21-17-9-5-4-8-16(17)20-19(21)26-12-18(23)22(14-6-2-3-7-14)15-10-11-27(24,25)13-15/h4-5,8-9,14-15H,2-3,6-7,10-13H2,1H3. The molecular weight excluding hydrogens is 382 g/mol. The zero-order valence-corrected chi connectivity index (χ0v) is 17.1. The molecule has 8 heteroatoms. The van der Waals surface area contributed by atoms with E-state index in [4.69, 9.17) is 0 Å². The monoisotopic (exact) mass is 407 g/mol. The van der Waals surface area contributed by atoms with E-state index in [2.05, 4.69) is 4.98 Å². The zero-order chi connectivity index (χ0) is 19.0. The quantitative estimate of drug-likeness (QED) is 0.713. The van der Waals surface area contributed by atoms with E-state index in [9.17, 15) is 13.2 Å². The normalized spacial score (nSPS) is 22.5. The Morgan fingerprint density at radius 2 is 1.96 bits per heavy atom. The van der Waals surface area contributed by atoms with Crippen LogP contribution in [-0.4, -0.2) is 58.1 Å². The minimum atomic E-state index is -3.01. The van der Waals surface area contributed by atoms with Gasteiger partial charge in [-0.15, -0.1) is 0 Å². The number of para-hydroxylation sites is 2. The minimum absolute atomic E-state index is 0.0426. The molecule has 6 nitrogen and oxygen atoms in total. The molecule has 1 saturated carbocycles. The van der Waals surface area contributed by atoms with Gasteiger partial charge >= 0.3 is 0 Å². The molecule has 1 saturated heterocycles. The molecule has 1 aliphatic heterocycles. The van der Waals surface area contributed by atoms with E-state index in [1.54, 1.807) is 0 Å². The summed E-state index contributed by atoms with van der Waals surface area (Å²) in [6.07, 6.45) is 4.78. The van der Waals surface area contributed by atoms with E-state index >= 15 is 0 Å². The molecule has 1 amide bonds. The Balaban J connectivity index is 1.50. The predicted molar refractivity (Wildman–Crippen MR) is 108 cm³/mol. The summed E-state index contributed by atoms with van der Waals surface area (Å²) >= 11 is 1.44. The van der Waals surface area contributed by atoms with Gasteiger partial charge in [0.25, 0.3) is 0 Å². The van der Waals surface area contributed by atoms with Crippen molar-refractivity contribution in [3.8, 4) is 0 Å². The number of thioether (sulfide) groups is 1. The third-order valence-corrected chi connectivity index (χ3v) is 8.44. The Morgan fingerprint density at radius 1 is 1.22 bits per heavy atom. The zero-order valence-electron chi connectivity index (χ0n) is 15.5. The van der Waals surface area contributed by atoms with Crippen LogP contribution >= 0.6 is 11.8 Å². The highest BCUT2D eigenvalue weighted by Gasteiger charge is 2.38. The van der Waals surface area contributed by atoms with E-state index in [0.29, 0.717) is 12.2 Å². The molecule has 4 rings (SSSR count). The predicted octanol–water partition coefficient (Wildman–Crippen LogP) is 2.62. The van der Waals surface area contributed by atoms with Crippen LogP contribution in [0.2, 0.25) is 0 Å². The molecule has 1 aromatic heterocycles. The van der Waals surface area contributed by atoms with Crippen LogP contribution in [-0.2, 0) is 21.7 Å². The third-order valence-electron chi connectivity index (χ3n) is 5.68. The number of rotatable bonds is 5. The molecule has 0 bridgehead atoms. The smallest absolute Gasteiger partial charge is 0.233 e. The van der Waals surface area contributed by atoms with Gasteiger partial charge in [-0.3, -0.25) is 4.79 Å². The minimum Gasteiger partial charge on any atom is -0.335 e. The average molecular weight is 408 g/mol. The Hall–Kier alpha value is -1.54. The molecule has 0 radical (unpaired) electrons. The molecular formula is C19H25N3O3S2. The number of aromatic nitrogens is 2. The van der Waals surface area contributed by atoms with E-state index in [-0.39, 0.29) is 29.5 Å². The number of amides is 1. The lowest BCUT2D eigenvalue weighted by atomic mass is 10.1. The van der Waals surface area contributed by atoms with Crippen LogP contribution in [0.3, 0.4) is 0 Å². The van der Waals surface area contributed by atoms with Crippen LogP contribution in [0.1, 0.15) is 32.1 Å². The summed E-state index contributed by atoms with van der Waals surface area (Å²) in [5, 5.41) is 0.815. The summed E-state index contributed by atoms with van der Waals surface area (Å²) in [5.74, 6) is 0.656. The lowest BCUT2D eigenvalue weighted by Gasteiger charge is -2.34. The number of imidazole rings is 1. The van der Waals surface area contributed by atoms with Gasteiger partial charge in [-0.25, -0.2) is 13.4 Å². The molecule has 27 heavy (non-hydrogen) atoms. The number of hydrogen-bond acceptors (Lipinski definition) is 5. The van der Waals surface area contributed by atoms with Crippen molar-refractivity contribution in [2.45, 2.75) is 49.3 Å². The van der Waals surface area contributed by atoms with Gasteiger partial charge in [0.1, 0.15) is 0 Å². The second kappa shape index (κ2) is 7.47. The summed E-state index contributed by atoms with van der Waals surface area (Å²) in [6.45, 7) is 0. The molecule has 146 valence electrons. The van der Waals surface area contributed by atoms with Crippen molar-refractivity contribution >= 4 is 38.5 Å². The van der Waals surface area contributed by atoms with Gasteiger partial charge in [0.2, 0.25) is 5.91 Å². The fourth-order valence-electron chi connectivity index (χ4n) is 4.34. The fourth-order valence-corrected chi connectivity index (χ4v) is 6.90. The van der Waals surface area contributed by atoms with E-state index in [1.165, 1.54) is 11.8 Å². The Morgan fingerprint density at radius 3 is 2.63 bits per heavy atom. The van der Waals surface area contributed by atoms with Crippen LogP contribution in [0, 0.1) is 0 Å². The Labute approximate surface area is 164 Å². The van der Waals surface area contributed by atoms with Crippen LogP contribution in [0.25, 0.3) is 11.0 Å². The highest BCUT2D eigenvalue weighted by molar-refractivity contribution is 7.99. The average Bonchev–Trinajstić information content (AvgIpc) is 3.35. The number of sulfone groups is 1. The van der Waals surface area contributed by atoms with Crippen molar-refractivity contribution in [1.29, 1.82) is 0 Å². The molecule has 1 aliphatic carbocycles. The summed E-state index contributed by atoms with van der Waals surface area (Å²) in [7, 11) is -1.05. The molecule has 2 aliphatic rings. The Bertz CT molecular complexity index is 948. The van der Waals surface area contributed by atoms with Gasteiger partial charge in [-0.2, -0.15) is 0 Å². The second-order valence-electron chi connectivity index (χ2n) is 7.53. The van der Waals surface area contributed by atoms with Crippen molar-refractivity contribution in [2.75, 3.05) is 17.3 Å². The van der Waals surface area contributed by atoms with Crippen molar-refractivity contribution in [3.63, 3.8) is 0 Å². The first-order valence-corrected chi connectivity index (χ1v) is 12.3. The van der Waals surface area contributed by atoms with E-state index in [0.717, 1.165) is 41.9 Å². The number of carbonyl (C=O) groups is 1. The molecule has 2 aromatic rings. The maximum atomic E-state index is 13.1. The largest absolute Gasteiger partial charge is 0.335 e. The summed E-state index contributed by atoms with van der Waals surface area (Å²) in [4.78, 5) is 19.6. The summed E-state index contributed by atoms with van der Waals surface area (Å²) < 4.78 is 25.9. The van der Waals surface area contributed by atoms with Gasteiger partial charge in [0, 0.05) is 19.1 Å². The van der Waals surface area contributed by atoms with Gasteiger partial charge in [0.05, 0.1) is 28.3 Å². The highest BCUT2D eigenvalue weighted by atomic mass is 32.2. The van der Waals surface area contributed by atoms with Gasteiger partial charge in [-0.05, 0) is 31.4 Å². The van der Waals surface area contributed by atoms with Crippen molar-refractivity contribution in [1.82, 2.24) is 14.5 Å². The molecule has 1 aromatic carbocycles. The second-order valence-corrected chi connectivity index (χ2v) is 10.7. The molecule has 0 N–H and O–H groups in total. The van der Waals surface area contributed by atoms with Crippen molar-refractivity contribution in [3.05, 3.63) is 24.3 Å². The number of carbonyl (C=O) groups excluding carboxylic acids is 1. The van der Waals surface area contributed by atoms with Crippen LogP contribution in [0.4, 0.5) is 0 Å². The molecule has 2 heterocycles. The van der Waals surface area contributed by atoms with Crippen molar-refractivity contribution < 1.29 is 13.2 Å². The number of aryl methyl sites for hydroxylation is 1. The van der Waals surface area contributed by atoms with Gasteiger partial charge in [-0.1, -0.05) is 36.7 Å². The Kier molecular flexibility index (Phi) is 5.20.